The van der Waals surface area contributed by atoms with Gasteiger partial charge in [0.25, 0.3) is 0 Å². The van der Waals surface area contributed by atoms with Gasteiger partial charge in [-0.2, -0.15) is 0 Å². The third-order valence-corrected chi connectivity index (χ3v) is 2.34. The van der Waals surface area contributed by atoms with Crippen LogP contribution in [0.15, 0.2) is 24.3 Å². The summed E-state index contributed by atoms with van der Waals surface area (Å²) < 4.78 is 0. The van der Waals surface area contributed by atoms with E-state index >= 15 is 0 Å². The second-order valence-corrected chi connectivity index (χ2v) is 3.72. The number of urea groups is 1. The first-order chi connectivity index (χ1) is 7.65. The minimum absolute atomic E-state index is 0.0831. The van der Waals surface area contributed by atoms with Crippen LogP contribution >= 0.6 is 0 Å². The molecule has 0 fully saturated rings. The highest BCUT2D eigenvalue weighted by Crippen LogP contribution is 2.21. The number of carbonyl (C=O) groups excluding carboxylic acids is 1. The van der Waals surface area contributed by atoms with Gasteiger partial charge >= 0.3 is 6.03 Å². The fraction of sp³-hybridized carbons (Fsp3) is 0.417. The predicted octanol–water partition coefficient (Wildman–Crippen LogP) is 2.66. The Hall–Kier alpha value is -1.71. The van der Waals surface area contributed by atoms with Gasteiger partial charge in [-0.25, -0.2) is 4.79 Å². The lowest BCUT2D eigenvalue weighted by molar-refractivity contribution is 0.221. The number of nitrogens with zero attached hydrogens (tertiary/aromatic N) is 1. The van der Waals surface area contributed by atoms with Gasteiger partial charge in [0.2, 0.25) is 0 Å². The molecule has 0 saturated carbocycles. The molecular weight excluding hydrogens is 204 g/mol. The van der Waals surface area contributed by atoms with Gasteiger partial charge in [-0.3, -0.25) is 0 Å². The van der Waals surface area contributed by atoms with Crippen LogP contribution in [0.5, 0.6) is 5.75 Å². The normalized spacial score (nSPS) is 9.88. The van der Waals surface area contributed by atoms with E-state index in [2.05, 4.69) is 12.2 Å². The van der Waals surface area contributed by atoms with E-state index in [9.17, 15) is 9.90 Å². The largest absolute Gasteiger partial charge is 0.506 e. The highest BCUT2D eigenvalue weighted by Gasteiger charge is 2.09. The van der Waals surface area contributed by atoms with Crippen molar-refractivity contribution in [1.82, 2.24) is 4.90 Å². The number of unbranched alkanes of at least 4 members (excludes halogenated alkanes) is 1. The zero-order valence-electron chi connectivity index (χ0n) is 9.73. The van der Waals surface area contributed by atoms with Crippen LogP contribution in [-0.2, 0) is 0 Å². The van der Waals surface area contributed by atoms with Gasteiger partial charge in [0, 0.05) is 13.6 Å². The van der Waals surface area contributed by atoms with Crippen LogP contribution in [0, 0.1) is 0 Å². The molecule has 0 bridgehead atoms. The minimum atomic E-state index is -0.199. The maximum Gasteiger partial charge on any atom is 0.321 e. The first-order valence-corrected chi connectivity index (χ1v) is 5.45. The van der Waals surface area contributed by atoms with E-state index in [0.717, 1.165) is 19.4 Å². The van der Waals surface area contributed by atoms with E-state index in [1.165, 1.54) is 0 Å². The van der Waals surface area contributed by atoms with Crippen molar-refractivity contribution < 1.29 is 9.90 Å². The van der Waals surface area contributed by atoms with Crippen molar-refractivity contribution in [2.45, 2.75) is 19.8 Å². The molecule has 16 heavy (non-hydrogen) atoms. The maximum absolute atomic E-state index is 11.7. The number of nitrogens with one attached hydrogen (secondary N) is 1. The number of anilines is 1. The number of aromatic hydroxyl groups is 1. The summed E-state index contributed by atoms with van der Waals surface area (Å²) in [4.78, 5) is 13.3. The number of amides is 2. The number of hydrogen-bond donors (Lipinski definition) is 2. The Morgan fingerprint density at radius 3 is 2.75 bits per heavy atom. The summed E-state index contributed by atoms with van der Waals surface area (Å²) in [6, 6.07) is 6.49. The number of rotatable bonds is 4. The summed E-state index contributed by atoms with van der Waals surface area (Å²) in [7, 11) is 1.74. The fourth-order valence-corrected chi connectivity index (χ4v) is 1.29. The molecule has 0 heterocycles. The molecule has 0 aliphatic carbocycles. The molecule has 4 heteroatoms. The summed E-state index contributed by atoms with van der Waals surface area (Å²) in [5, 5.41) is 12.1. The Morgan fingerprint density at radius 2 is 2.12 bits per heavy atom. The zero-order chi connectivity index (χ0) is 12.0. The van der Waals surface area contributed by atoms with Gasteiger partial charge in [0.05, 0.1) is 5.69 Å². The van der Waals surface area contributed by atoms with Crippen molar-refractivity contribution in [3.8, 4) is 5.75 Å². The third kappa shape index (κ3) is 3.46. The lowest BCUT2D eigenvalue weighted by Gasteiger charge is -2.17. The molecule has 2 N–H and O–H groups in total. The third-order valence-electron chi connectivity index (χ3n) is 2.34. The van der Waals surface area contributed by atoms with Crippen molar-refractivity contribution in [2.75, 3.05) is 18.9 Å². The van der Waals surface area contributed by atoms with E-state index in [4.69, 9.17) is 0 Å². The number of hydrogen-bond acceptors (Lipinski definition) is 2. The molecule has 0 radical (unpaired) electrons. The smallest absolute Gasteiger partial charge is 0.321 e. The van der Waals surface area contributed by atoms with E-state index in [0.29, 0.717) is 5.69 Å². The summed E-state index contributed by atoms with van der Waals surface area (Å²) in [6.07, 6.45) is 2.03. The van der Waals surface area contributed by atoms with Gasteiger partial charge in [-0.15, -0.1) is 0 Å². The zero-order valence-corrected chi connectivity index (χ0v) is 9.73. The van der Waals surface area contributed by atoms with Gasteiger partial charge in [-0.05, 0) is 18.6 Å². The van der Waals surface area contributed by atoms with Crippen LogP contribution in [0.25, 0.3) is 0 Å². The van der Waals surface area contributed by atoms with Crippen molar-refractivity contribution >= 4 is 11.7 Å². The first kappa shape index (κ1) is 12.4. The van der Waals surface area contributed by atoms with Crippen molar-refractivity contribution in [3.63, 3.8) is 0 Å². The van der Waals surface area contributed by atoms with Gasteiger partial charge < -0.3 is 15.3 Å². The highest BCUT2D eigenvalue weighted by molar-refractivity contribution is 5.90. The van der Waals surface area contributed by atoms with Gasteiger partial charge in [0.15, 0.2) is 0 Å². The van der Waals surface area contributed by atoms with E-state index in [1.807, 2.05) is 0 Å². The number of carbonyl (C=O) groups is 1. The second kappa shape index (κ2) is 6.00. The van der Waals surface area contributed by atoms with E-state index in [-0.39, 0.29) is 11.8 Å². The molecule has 0 aliphatic heterocycles. The lowest BCUT2D eigenvalue weighted by atomic mass is 10.3. The highest BCUT2D eigenvalue weighted by atomic mass is 16.3. The SMILES string of the molecule is CCCCN(C)C(=O)Nc1ccccc1O. The monoisotopic (exact) mass is 222 g/mol. The Kier molecular flexibility index (Phi) is 4.64. The maximum atomic E-state index is 11.7. The molecule has 0 spiro atoms. The quantitative estimate of drug-likeness (QED) is 0.769. The van der Waals surface area contributed by atoms with E-state index < -0.39 is 0 Å². The van der Waals surface area contributed by atoms with Crippen LogP contribution in [0.4, 0.5) is 10.5 Å². The Morgan fingerprint density at radius 1 is 1.44 bits per heavy atom. The first-order valence-electron chi connectivity index (χ1n) is 5.45. The number of phenolic OH excluding ortho intramolecular Hbond substituents is 1. The van der Waals surface area contributed by atoms with Crippen LogP contribution < -0.4 is 5.32 Å². The van der Waals surface area contributed by atoms with Crippen LogP contribution in [0.1, 0.15) is 19.8 Å². The summed E-state index contributed by atoms with van der Waals surface area (Å²) >= 11 is 0. The topological polar surface area (TPSA) is 52.6 Å². The lowest BCUT2D eigenvalue weighted by Crippen LogP contribution is -2.32. The molecule has 1 aromatic carbocycles. The Bertz CT molecular complexity index is 353. The standard InChI is InChI=1S/C12H18N2O2/c1-3-4-9-14(2)12(16)13-10-7-5-6-8-11(10)15/h5-8,15H,3-4,9H2,1-2H3,(H,13,16). The summed E-state index contributed by atoms with van der Waals surface area (Å²) in [6.45, 7) is 2.80. The van der Waals surface area contributed by atoms with E-state index in [1.54, 1.807) is 36.2 Å². The Labute approximate surface area is 95.9 Å². The molecule has 1 rings (SSSR count). The van der Waals surface area contributed by atoms with Crippen LogP contribution in [0.3, 0.4) is 0 Å². The second-order valence-electron chi connectivity index (χ2n) is 3.72. The molecule has 0 atom stereocenters. The predicted molar refractivity (Wildman–Crippen MR) is 64.7 cm³/mol. The average molecular weight is 222 g/mol. The van der Waals surface area contributed by atoms with Crippen LogP contribution in [-0.4, -0.2) is 29.6 Å². The van der Waals surface area contributed by atoms with Gasteiger partial charge in [0.1, 0.15) is 5.75 Å². The average Bonchev–Trinajstić information content (AvgIpc) is 2.28. The summed E-state index contributed by atoms with van der Waals surface area (Å²) in [5.74, 6) is 0.0831. The molecule has 88 valence electrons. The molecule has 0 unspecified atom stereocenters. The molecule has 0 saturated heterocycles. The molecule has 4 nitrogen and oxygen atoms in total. The molecule has 1 aromatic rings. The molecule has 0 aliphatic rings. The van der Waals surface area contributed by atoms with Crippen molar-refractivity contribution in [1.29, 1.82) is 0 Å². The number of phenols is 1. The molecular formula is C12H18N2O2. The fourth-order valence-electron chi connectivity index (χ4n) is 1.29. The summed E-state index contributed by atoms with van der Waals surface area (Å²) in [5.41, 5.74) is 0.441. The van der Waals surface area contributed by atoms with Crippen molar-refractivity contribution in [3.05, 3.63) is 24.3 Å². The Balaban J connectivity index is 2.54. The number of benzene rings is 1. The van der Waals surface area contributed by atoms with Gasteiger partial charge in [-0.1, -0.05) is 25.5 Å². The van der Waals surface area contributed by atoms with Crippen molar-refractivity contribution in [2.24, 2.45) is 0 Å². The number of para-hydroxylation sites is 2. The van der Waals surface area contributed by atoms with Crippen LogP contribution in [0.2, 0.25) is 0 Å². The minimum Gasteiger partial charge on any atom is -0.506 e. The molecule has 0 aromatic heterocycles. The molecule has 2 amide bonds.